The lowest BCUT2D eigenvalue weighted by Crippen LogP contribution is -2.23. The minimum Gasteiger partial charge on any atom is -0.497 e. The fourth-order valence-corrected chi connectivity index (χ4v) is 2.30. The predicted molar refractivity (Wildman–Crippen MR) is 63.0 cm³/mol. The monoisotopic (exact) mass is 202 g/mol. The van der Waals surface area contributed by atoms with Crippen molar-refractivity contribution >= 4 is 19.1 Å². The van der Waals surface area contributed by atoms with Gasteiger partial charge in [0.1, 0.15) is 13.6 Å². The van der Waals surface area contributed by atoms with Crippen molar-refractivity contribution in [3.05, 3.63) is 23.3 Å². The van der Waals surface area contributed by atoms with E-state index in [-0.39, 0.29) is 11.2 Å². The first kappa shape index (κ1) is 10.3. The highest BCUT2D eigenvalue weighted by Crippen LogP contribution is 2.36. The topological polar surface area (TPSA) is 26.3 Å². The summed E-state index contributed by atoms with van der Waals surface area (Å²) >= 11 is 0. The van der Waals surface area contributed by atoms with Crippen molar-refractivity contribution in [3.63, 3.8) is 0 Å². The summed E-state index contributed by atoms with van der Waals surface area (Å²) in [5, 5.41) is 0. The number of ether oxygens (including phenoxy) is 1. The molecule has 0 unspecified atom stereocenters. The molecule has 0 spiro atoms. The number of carbonyl (C=O) groups excluding carboxylic acids is 1. The van der Waals surface area contributed by atoms with Crippen LogP contribution in [0.5, 0.6) is 5.75 Å². The van der Waals surface area contributed by atoms with E-state index in [1.807, 2.05) is 33.8 Å². The molecule has 0 radical (unpaired) electrons. The number of Topliss-reactive ketones (excluding diaryl/α,β-unsaturated/α-hetero) is 1. The van der Waals surface area contributed by atoms with Gasteiger partial charge in [0.15, 0.2) is 5.78 Å². The number of fused-ring (bicyclic) bond motifs is 1. The van der Waals surface area contributed by atoms with Crippen molar-refractivity contribution in [3.8, 4) is 5.75 Å². The molecule has 78 valence electrons. The Bertz CT molecular complexity index is 435. The van der Waals surface area contributed by atoms with E-state index in [9.17, 15) is 4.79 Å². The summed E-state index contributed by atoms with van der Waals surface area (Å²) < 4.78 is 5.21. The van der Waals surface area contributed by atoms with Crippen LogP contribution >= 0.6 is 0 Å². The number of rotatable bonds is 1. The average molecular weight is 202 g/mol. The van der Waals surface area contributed by atoms with Gasteiger partial charge in [0.2, 0.25) is 0 Å². The maximum Gasteiger partial charge on any atom is 0.168 e. The molecule has 1 aliphatic carbocycles. The van der Waals surface area contributed by atoms with Crippen LogP contribution in [-0.4, -0.2) is 20.7 Å². The lowest BCUT2D eigenvalue weighted by atomic mass is 9.85. The highest BCUT2D eigenvalue weighted by molar-refractivity contribution is 6.37. The summed E-state index contributed by atoms with van der Waals surface area (Å²) in [6.07, 6.45) is 0.819. The number of hydrogen-bond acceptors (Lipinski definition) is 2. The molecule has 3 heteroatoms. The molecule has 0 fully saturated rings. The van der Waals surface area contributed by atoms with Gasteiger partial charge in [-0.25, -0.2) is 0 Å². The molecule has 1 aliphatic rings. The second-order valence-corrected chi connectivity index (χ2v) is 4.87. The minimum atomic E-state index is -0.251. The van der Waals surface area contributed by atoms with Crippen molar-refractivity contribution in [2.24, 2.45) is 5.41 Å². The van der Waals surface area contributed by atoms with Crippen LogP contribution < -0.4 is 10.2 Å². The van der Waals surface area contributed by atoms with Gasteiger partial charge >= 0.3 is 0 Å². The van der Waals surface area contributed by atoms with Crippen molar-refractivity contribution in [2.75, 3.05) is 7.11 Å². The Hall–Kier alpha value is -1.25. The van der Waals surface area contributed by atoms with Crippen LogP contribution in [0.3, 0.4) is 0 Å². The van der Waals surface area contributed by atoms with Gasteiger partial charge in [0.25, 0.3) is 0 Å². The first-order chi connectivity index (χ1) is 6.95. The standard InChI is InChI=1S/C12H15BO2/c1-12(2)6-7-4-8(15-3)5-9(13)10(7)11(12)14/h4-5H,6,13H2,1-3H3. The summed E-state index contributed by atoms with van der Waals surface area (Å²) in [7, 11) is 3.63. The zero-order chi connectivity index (χ0) is 11.2. The highest BCUT2D eigenvalue weighted by atomic mass is 16.5. The smallest absolute Gasteiger partial charge is 0.168 e. The van der Waals surface area contributed by atoms with Crippen LogP contribution in [0.15, 0.2) is 12.1 Å². The molecule has 1 aromatic carbocycles. The summed E-state index contributed by atoms with van der Waals surface area (Å²) in [4.78, 5) is 12.1. The average Bonchev–Trinajstić information content (AvgIpc) is 2.37. The number of benzene rings is 1. The van der Waals surface area contributed by atoms with E-state index < -0.39 is 0 Å². The van der Waals surface area contributed by atoms with Crippen molar-refractivity contribution < 1.29 is 9.53 Å². The zero-order valence-electron chi connectivity index (χ0n) is 9.68. The summed E-state index contributed by atoms with van der Waals surface area (Å²) in [5.74, 6) is 1.11. The molecule has 0 aromatic heterocycles. The summed E-state index contributed by atoms with van der Waals surface area (Å²) in [6.45, 7) is 4.00. The minimum absolute atomic E-state index is 0.251. The largest absolute Gasteiger partial charge is 0.497 e. The molecule has 0 atom stereocenters. The van der Waals surface area contributed by atoms with E-state index in [0.29, 0.717) is 0 Å². The molecular formula is C12H15BO2. The van der Waals surface area contributed by atoms with E-state index in [0.717, 1.165) is 28.8 Å². The van der Waals surface area contributed by atoms with Crippen LogP contribution in [0, 0.1) is 5.41 Å². The van der Waals surface area contributed by atoms with Gasteiger partial charge in [-0.2, -0.15) is 0 Å². The van der Waals surface area contributed by atoms with Crippen LogP contribution in [0.2, 0.25) is 0 Å². The fourth-order valence-electron chi connectivity index (χ4n) is 2.30. The number of methoxy groups -OCH3 is 1. The lowest BCUT2D eigenvalue weighted by Gasteiger charge is -2.13. The Balaban J connectivity index is 2.60. The van der Waals surface area contributed by atoms with Crippen LogP contribution in [0.25, 0.3) is 0 Å². The number of ketones is 1. The van der Waals surface area contributed by atoms with Crippen LogP contribution in [0.4, 0.5) is 0 Å². The Morgan fingerprint density at radius 3 is 2.67 bits per heavy atom. The third-order valence-electron chi connectivity index (χ3n) is 3.10. The summed E-state index contributed by atoms with van der Waals surface area (Å²) in [6, 6.07) is 3.91. The van der Waals surface area contributed by atoms with E-state index >= 15 is 0 Å². The third-order valence-corrected chi connectivity index (χ3v) is 3.10. The van der Waals surface area contributed by atoms with E-state index in [1.54, 1.807) is 7.11 Å². The van der Waals surface area contributed by atoms with Crippen molar-refractivity contribution in [1.82, 2.24) is 0 Å². The highest BCUT2D eigenvalue weighted by Gasteiger charge is 2.38. The number of hydrogen-bond donors (Lipinski definition) is 0. The molecule has 0 heterocycles. The van der Waals surface area contributed by atoms with Gasteiger partial charge in [0, 0.05) is 11.0 Å². The molecule has 0 amide bonds. The van der Waals surface area contributed by atoms with Gasteiger partial charge < -0.3 is 4.74 Å². The normalized spacial score (nSPS) is 17.7. The van der Waals surface area contributed by atoms with E-state index in [1.165, 1.54) is 0 Å². The van der Waals surface area contributed by atoms with E-state index in [2.05, 4.69) is 0 Å². The molecule has 0 N–H and O–H groups in total. The van der Waals surface area contributed by atoms with Gasteiger partial charge in [-0.15, -0.1) is 0 Å². The predicted octanol–water partition coefficient (Wildman–Crippen LogP) is 0.719. The quantitative estimate of drug-likeness (QED) is 0.627. The van der Waals surface area contributed by atoms with Gasteiger partial charge in [0.05, 0.1) is 7.11 Å². The summed E-state index contributed by atoms with van der Waals surface area (Å²) in [5.41, 5.74) is 2.81. The zero-order valence-corrected chi connectivity index (χ0v) is 9.68. The molecule has 1 aromatic rings. The maximum absolute atomic E-state index is 12.1. The molecule has 0 saturated carbocycles. The molecule has 15 heavy (non-hydrogen) atoms. The maximum atomic E-state index is 12.1. The van der Waals surface area contributed by atoms with E-state index in [4.69, 9.17) is 4.74 Å². The number of carbonyl (C=O) groups is 1. The molecular weight excluding hydrogens is 187 g/mol. The Kier molecular flexibility index (Phi) is 2.14. The Morgan fingerprint density at radius 1 is 1.40 bits per heavy atom. The second-order valence-electron chi connectivity index (χ2n) is 4.87. The second kappa shape index (κ2) is 3.12. The first-order valence-electron chi connectivity index (χ1n) is 5.18. The van der Waals surface area contributed by atoms with Crippen LogP contribution in [0.1, 0.15) is 29.8 Å². The van der Waals surface area contributed by atoms with Gasteiger partial charge in [-0.3, -0.25) is 4.79 Å². The molecule has 0 bridgehead atoms. The Labute approximate surface area is 91.0 Å². The molecule has 2 rings (SSSR count). The fraction of sp³-hybridized carbons (Fsp3) is 0.417. The molecule has 0 aliphatic heterocycles. The lowest BCUT2D eigenvalue weighted by molar-refractivity contribution is 0.0864. The van der Waals surface area contributed by atoms with Gasteiger partial charge in [-0.05, 0) is 24.1 Å². The SMILES string of the molecule is Bc1cc(OC)cc2c1C(=O)C(C)(C)C2. The third kappa shape index (κ3) is 1.46. The van der Waals surface area contributed by atoms with Crippen molar-refractivity contribution in [1.29, 1.82) is 0 Å². The van der Waals surface area contributed by atoms with Crippen molar-refractivity contribution in [2.45, 2.75) is 20.3 Å². The van der Waals surface area contributed by atoms with Gasteiger partial charge in [-0.1, -0.05) is 19.3 Å². The molecule has 0 saturated heterocycles. The van der Waals surface area contributed by atoms with Crippen LogP contribution in [-0.2, 0) is 6.42 Å². The Morgan fingerprint density at radius 2 is 2.07 bits per heavy atom. The molecule has 2 nitrogen and oxygen atoms in total. The first-order valence-corrected chi connectivity index (χ1v) is 5.18.